The van der Waals surface area contributed by atoms with E-state index in [1.165, 1.54) is 0 Å². The molecule has 1 heterocycles. The van der Waals surface area contributed by atoms with Crippen molar-refractivity contribution in [3.05, 3.63) is 52.9 Å². The predicted octanol–water partition coefficient (Wildman–Crippen LogP) is 3.94. The van der Waals surface area contributed by atoms with Crippen LogP contribution in [0.3, 0.4) is 0 Å². The Morgan fingerprint density at radius 1 is 1.06 bits per heavy atom. The maximum atomic E-state index is 13.3. The lowest BCUT2D eigenvalue weighted by molar-refractivity contribution is 0.396. The molecule has 0 aliphatic heterocycles. The highest BCUT2D eigenvalue weighted by Gasteiger charge is 2.11. The van der Waals surface area contributed by atoms with Crippen molar-refractivity contribution >= 4 is 11.6 Å². The molecule has 17 heavy (non-hydrogen) atoms. The van der Waals surface area contributed by atoms with Crippen LogP contribution in [-0.2, 0) is 0 Å². The Morgan fingerprint density at radius 2 is 1.82 bits per heavy atom. The molecule has 0 fully saturated rings. The topological polar surface area (TPSA) is 22.1 Å². The second-order valence-corrected chi connectivity index (χ2v) is 3.55. The molecule has 6 heteroatoms. The van der Waals surface area contributed by atoms with Gasteiger partial charge in [-0.2, -0.15) is 0 Å². The zero-order chi connectivity index (χ0) is 12.4. The van der Waals surface area contributed by atoms with Crippen LogP contribution in [-0.4, -0.2) is 4.98 Å². The molecule has 0 unspecified atom stereocenters. The molecule has 1 aromatic carbocycles. The molecule has 0 radical (unpaired) electrons. The fraction of sp³-hybridized carbons (Fsp3) is 0. The van der Waals surface area contributed by atoms with Crippen molar-refractivity contribution in [3.63, 3.8) is 0 Å². The second kappa shape index (κ2) is 4.63. The third-order valence-corrected chi connectivity index (χ3v) is 2.08. The van der Waals surface area contributed by atoms with Crippen LogP contribution in [0.25, 0.3) is 0 Å². The van der Waals surface area contributed by atoms with Gasteiger partial charge in [0.2, 0.25) is 0 Å². The quantitative estimate of drug-likeness (QED) is 0.815. The summed E-state index contributed by atoms with van der Waals surface area (Å²) in [4.78, 5) is 3.55. The smallest absolute Gasteiger partial charge is 0.256 e. The fourth-order valence-corrected chi connectivity index (χ4v) is 1.28. The number of hydrogen-bond donors (Lipinski definition) is 0. The van der Waals surface area contributed by atoms with Gasteiger partial charge in [0.25, 0.3) is 5.88 Å². The Kier molecular flexibility index (Phi) is 3.19. The summed E-state index contributed by atoms with van der Waals surface area (Å²) in [6.07, 6.45) is 1.15. The van der Waals surface area contributed by atoms with Crippen molar-refractivity contribution in [1.82, 2.24) is 4.98 Å². The molecule has 0 N–H and O–H groups in total. The number of nitrogens with zero attached hydrogens (tertiary/aromatic N) is 1. The molecule has 2 nitrogen and oxygen atoms in total. The SMILES string of the molecule is Fc1ccc(Oc2ncc(Cl)cc2F)c(F)c1. The Labute approximate surface area is 99.6 Å². The Morgan fingerprint density at radius 3 is 2.47 bits per heavy atom. The van der Waals surface area contributed by atoms with Gasteiger partial charge < -0.3 is 4.74 Å². The van der Waals surface area contributed by atoms with Crippen molar-refractivity contribution in [1.29, 1.82) is 0 Å². The molecule has 0 spiro atoms. The number of pyridine rings is 1. The summed E-state index contributed by atoms with van der Waals surface area (Å²) in [6, 6.07) is 3.64. The Hall–Kier alpha value is -1.75. The summed E-state index contributed by atoms with van der Waals surface area (Å²) in [6.45, 7) is 0. The van der Waals surface area contributed by atoms with Gasteiger partial charge in [-0.25, -0.2) is 18.2 Å². The molecule has 2 aromatic rings. The van der Waals surface area contributed by atoms with Crippen LogP contribution in [0, 0.1) is 17.5 Å². The second-order valence-electron chi connectivity index (χ2n) is 3.12. The van der Waals surface area contributed by atoms with E-state index in [1.54, 1.807) is 0 Å². The number of aromatic nitrogens is 1. The first-order valence-corrected chi connectivity index (χ1v) is 4.88. The molecule has 2 rings (SSSR count). The molecular formula is C11H5ClF3NO. The normalized spacial score (nSPS) is 10.4. The molecule has 1 aromatic heterocycles. The van der Waals surface area contributed by atoms with Crippen molar-refractivity contribution in [2.45, 2.75) is 0 Å². The number of halogens is 4. The van der Waals surface area contributed by atoms with Gasteiger partial charge in [-0.1, -0.05) is 11.6 Å². The average molecular weight is 260 g/mol. The van der Waals surface area contributed by atoms with Gasteiger partial charge in [0.15, 0.2) is 17.4 Å². The van der Waals surface area contributed by atoms with Crippen LogP contribution in [0.4, 0.5) is 13.2 Å². The Bertz CT molecular complexity index is 513. The summed E-state index contributed by atoms with van der Waals surface area (Å²) in [7, 11) is 0. The lowest BCUT2D eigenvalue weighted by atomic mass is 10.3. The van der Waals surface area contributed by atoms with Crippen LogP contribution in [0.1, 0.15) is 0 Å². The molecule has 88 valence electrons. The third kappa shape index (κ3) is 2.68. The average Bonchev–Trinajstić information content (AvgIpc) is 2.25. The number of hydrogen-bond acceptors (Lipinski definition) is 2. The van der Waals surface area contributed by atoms with E-state index < -0.39 is 23.3 Å². The molecule has 0 atom stereocenters. The predicted molar refractivity (Wildman–Crippen MR) is 55.6 cm³/mol. The van der Waals surface area contributed by atoms with E-state index in [0.29, 0.717) is 6.07 Å². The van der Waals surface area contributed by atoms with Gasteiger partial charge in [-0.05, 0) is 18.2 Å². The van der Waals surface area contributed by atoms with Crippen LogP contribution >= 0.6 is 11.6 Å². The third-order valence-electron chi connectivity index (χ3n) is 1.87. The minimum atomic E-state index is -0.943. The number of rotatable bonds is 2. The molecule has 0 aliphatic rings. The summed E-state index contributed by atoms with van der Waals surface area (Å²) in [5, 5.41) is 0.0921. The van der Waals surface area contributed by atoms with Crippen molar-refractivity contribution < 1.29 is 17.9 Å². The summed E-state index contributed by atoms with van der Waals surface area (Å²) < 4.78 is 44.0. The maximum absolute atomic E-state index is 13.3. The van der Waals surface area contributed by atoms with E-state index in [2.05, 4.69) is 4.98 Å². The maximum Gasteiger partial charge on any atom is 0.256 e. The zero-order valence-corrected chi connectivity index (χ0v) is 9.01. The molecule has 0 saturated heterocycles. The van der Waals surface area contributed by atoms with Crippen LogP contribution in [0.2, 0.25) is 5.02 Å². The molecule has 0 saturated carbocycles. The first-order chi connectivity index (χ1) is 8.06. The Balaban J connectivity index is 2.31. The lowest BCUT2D eigenvalue weighted by Crippen LogP contribution is -1.94. The highest BCUT2D eigenvalue weighted by molar-refractivity contribution is 6.30. The van der Waals surface area contributed by atoms with Gasteiger partial charge in [0, 0.05) is 12.3 Å². The largest absolute Gasteiger partial charge is 0.433 e. The summed E-state index contributed by atoms with van der Waals surface area (Å²) in [5.74, 6) is -3.28. The first-order valence-electron chi connectivity index (χ1n) is 4.50. The van der Waals surface area contributed by atoms with E-state index in [4.69, 9.17) is 16.3 Å². The molecule has 0 aliphatic carbocycles. The summed E-state index contributed by atoms with van der Waals surface area (Å²) in [5.41, 5.74) is 0. The van der Waals surface area contributed by atoms with Gasteiger partial charge in [0.1, 0.15) is 5.82 Å². The van der Waals surface area contributed by atoms with Gasteiger partial charge >= 0.3 is 0 Å². The monoisotopic (exact) mass is 259 g/mol. The molecule has 0 amide bonds. The van der Waals surface area contributed by atoms with Crippen molar-refractivity contribution in [2.24, 2.45) is 0 Å². The highest BCUT2D eigenvalue weighted by atomic mass is 35.5. The fourth-order valence-electron chi connectivity index (χ4n) is 1.14. The first kappa shape index (κ1) is 11.7. The molecule has 0 bridgehead atoms. The number of benzene rings is 1. The minimum Gasteiger partial charge on any atom is -0.433 e. The standard InChI is InChI=1S/C11H5ClF3NO/c12-6-3-9(15)11(16-5-6)17-10-2-1-7(13)4-8(10)14/h1-5H. The minimum absolute atomic E-state index is 0.0921. The van der Waals surface area contributed by atoms with Gasteiger partial charge in [0.05, 0.1) is 5.02 Å². The van der Waals surface area contributed by atoms with E-state index >= 15 is 0 Å². The van der Waals surface area contributed by atoms with Crippen LogP contribution in [0.15, 0.2) is 30.5 Å². The van der Waals surface area contributed by atoms with E-state index in [9.17, 15) is 13.2 Å². The van der Waals surface area contributed by atoms with Crippen LogP contribution < -0.4 is 4.74 Å². The van der Waals surface area contributed by atoms with Crippen molar-refractivity contribution in [3.8, 4) is 11.6 Å². The van der Waals surface area contributed by atoms with E-state index in [1.807, 2.05) is 0 Å². The number of ether oxygens (including phenoxy) is 1. The van der Waals surface area contributed by atoms with E-state index in [0.717, 1.165) is 24.4 Å². The van der Waals surface area contributed by atoms with Gasteiger partial charge in [-0.3, -0.25) is 0 Å². The molecular weight excluding hydrogens is 255 g/mol. The van der Waals surface area contributed by atoms with Gasteiger partial charge in [-0.15, -0.1) is 0 Å². The zero-order valence-electron chi connectivity index (χ0n) is 8.25. The summed E-state index contributed by atoms with van der Waals surface area (Å²) >= 11 is 5.49. The van der Waals surface area contributed by atoms with E-state index in [-0.39, 0.29) is 10.8 Å². The van der Waals surface area contributed by atoms with Crippen molar-refractivity contribution in [2.75, 3.05) is 0 Å². The highest BCUT2D eigenvalue weighted by Crippen LogP contribution is 2.26. The van der Waals surface area contributed by atoms with Crippen LogP contribution in [0.5, 0.6) is 11.6 Å². The lowest BCUT2D eigenvalue weighted by Gasteiger charge is -2.06.